The number of hydrogen-bond donors (Lipinski definition) is 0. The van der Waals surface area contributed by atoms with E-state index in [9.17, 15) is 17.3 Å². The Hall–Kier alpha value is 0.408. The fourth-order valence-electron chi connectivity index (χ4n) is 2.18. The number of hydrogen-bond acceptors (Lipinski definition) is 0. The predicted molar refractivity (Wildman–Crippen MR) is 74.7 cm³/mol. The number of rotatable bonds is 0. The summed E-state index contributed by atoms with van der Waals surface area (Å²) in [5.41, 5.74) is 0. The molecular weight excluding hydrogens is 370 g/mol. The molecule has 2 bridgehead atoms. The third kappa shape index (κ3) is 13.8. The molecule has 0 aromatic heterocycles. The minimum absolute atomic E-state index is 0. The molecule has 0 heterocycles. The summed E-state index contributed by atoms with van der Waals surface area (Å²) in [5, 5.41) is 0. The molecule has 0 aromatic rings. The van der Waals surface area contributed by atoms with Crippen molar-refractivity contribution in [1.82, 2.24) is 0 Å². The molecule has 0 nitrogen and oxygen atoms in total. The third-order valence-electron chi connectivity index (χ3n) is 3.09. The van der Waals surface area contributed by atoms with E-state index in [1.807, 2.05) is 0 Å². The molecule has 6 heteroatoms. The van der Waals surface area contributed by atoms with Gasteiger partial charge in [0, 0.05) is 19.5 Å². The number of halogens is 4. The second kappa shape index (κ2) is 11.9. The van der Waals surface area contributed by atoms with E-state index in [1.54, 1.807) is 0 Å². The molecule has 0 atom stereocenters. The Kier molecular flexibility index (Phi) is 12.1. The first-order valence-electron chi connectivity index (χ1n) is 6.99. The average molecular weight is 390 g/mol. The van der Waals surface area contributed by atoms with Gasteiger partial charge >= 0.3 is 7.25 Å². The minimum atomic E-state index is -6.00. The largest absolute Gasteiger partial charge is 0.673 e. The van der Waals surface area contributed by atoms with Crippen LogP contribution in [0.2, 0.25) is 0 Å². The molecule has 0 amide bonds. The Morgan fingerprint density at radius 2 is 0.857 bits per heavy atom. The van der Waals surface area contributed by atoms with Crippen molar-refractivity contribution in [2.24, 2.45) is 11.8 Å². The van der Waals surface area contributed by atoms with Gasteiger partial charge in [0.05, 0.1) is 0 Å². The van der Waals surface area contributed by atoms with Crippen molar-refractivity contribution in [1.29, 1.82) is 0 Å². The second-order valence-corrected chi connectivity index (χ2v) is 4.93. The van der Waals surface area contributed by atoms with E-state index in [4.69, 9.17) is 0 Å². The minimum Gasteiger partial charge on any atom is -0.418 e. The molecule has 0 unspecified atom stereocenters. The summed E-state index contributed by atoms with van der Waals surface area (Å²) in [4.78, 5) is 0. The van der Waals surface area contributed by atoms with Crippen LogP contribution in [0.1, 0.15) is 32.1 Å². The Bertz CT molecular complexity index is 200. The fourth-order valence-corrected chi connectivity index (χ4v) is 2.18. The molecule has 0 aromatic carbocycles. The van der Waals surface area contributed by atoms with E-state index in [0.717, 1.165) is 11.8 Å². The molecule has 3 rings (SSSR count). The Balaban J connectivity index is 0.000000287. The molecule has 3 aliphatic rings. The first-order chi connectivity index (χ1) is 9.45. The van der Waals surface area contributed by atoms with Crippen LogP contribution in [-0.4, -0.2) is 7.25 Å². The molecule has 9 radical (unpaired) electrons. The van der Waals surface area contributed by atoms with E-state index in [0.29, 0.717) is 0 Å². The third-order valence-corrected chi connectivity index (χ3v) is 3.09. The van der Waals surface area contributed by atoms with Crippen LogP contribution in [0.25, 0.3) is 0 Å². The van der Waals surface area contributed by atoms with E-state index < -0.39 is 7.25 Å². The smallest absolute Gasteiger partial charge is 0.418 e. The van der Waals surface area contributed by atoms with E-state index >= 15 is 0 Å². The topological polar surface area (TPSA) is 0 Å². The molecular formula is C15H20BF4Rh-. The van der Waals surface area contributed by atoms with E-state index in [2.05, 4.69) is 51.4 Å². The fraction of sp³-hybridized carbons (Fsp3) is 0.467. The molecule has 121 valence electrons. The van der Waals surface area contributed by atoms with Crippen molar-refractivity contribution in [2.45, 2.75) is 32.1 Å². The summed E-state index contributed by atoms with van der Waals surface area (Å²) in [6, 6.07) is 0. The van der Waals surface area contributed by atoms with Crippen LogP contribution >= 0.6 is 0 Å². The van der Waals surface area contributed by atoms with Crippen molar-refractivity contribution in [3.05, 3.63) is 51.4 Å². The van der Waals surface area contributed by atoms with Gasteiger partial charge in [-0.05, 0) is 95.3 Å². The van der Waals surface area contributed by atoms with Crippen LogP contribution in [0.5, 0.6) is 0 Å². The SMILES string of the molecule is F[B-](F)(F)F.[CH]1[CH]C2[CH][CH]C1C2.[CH]1[CH]CC[CH][CH]CC1.[Rh]. The number of fused-ring (bicyclic) bond motifs is 2. The van der Waals surface area contributed by atoms with Crippen LogP contribution in [0.15, 0.2) is 0 Å². The van der Waals surface area contributed by atoms with E-state index in [-0.39, 0.29) is 19.5 Å². The summed E-state index contributed by atoms with van der Waals surface area (Å²) >= 11 is 0. The first-order valence-corrected chi connectivity index (χ1v) is 6.99. The van der Waals surface area contributed by atoms with Crippen LogP contribution < -0.4 is 0 Å². The van der Waals surface area contributed by atoms with Gasteiger partial charge in [0.15, 0.2) is 0 Å². The molecule has 3 saturated carbocycles. The maximum atomic E-state index is 9.75. The summed E-state index contributed by atoms with van der Waals surface area (Å²) in [6.45, 7) is 0. The van der Waals surface area contributed by atoms with Crippen molar-refractivity contribution in [3.8, 4) is 0 Å². The van der Waals surface area contributed by atoms with Gasteiger partial charge in [0.2, 0.25) is 0 Å². The maximum Gasteiger partial charge on any atom is 0.673 e. The van der Waals surface area contributed by atoms with Gasteiger partial charge < -0.3 is 17.3 Å². The average Bonchev–Trinajstić information content (AvgIpc) is 2.90. The summed E-state index contributed by atoms with van der Waals surface area (Å²) in [5.74, 6) is 1.62. The molecule has 0 saturated heterocycles. The molecule has 0 N–H and O–H groups in total. The quantitative estimate of drug-likeness (QED) is 0.398. The van der Waals surface area contributed by atoms with Crippen molar-refractivity contribution >= 4 is 7.25 Å². The zero-order valence-corrected chi connectivity index (χ0v) is 13.4. The van der Waals surface area contributed by atoms with Gasteiger partial charge in [-0.3, -0.25) is 0 Å². The van der Waals surface area contributed by atoms with Gasteiger partial charge in [-0.15, -0.1) is 0 Å². The van der Waals surface area contributed by atoms with Crippen LogP contribution in [0.3, 0.4) is 0 Å². The molecule has 3 fully saturated rings. The van der Waals surface area contributed by atoms with Gasteiger partial charge in [-0.1, -0.05) is 0 Å². The first kappa shape index (κ1) is 21.4. The summed E-state index contributed by atoms with van der Waals surface area (Å²) in [7, 11) is -6.00. The van der Waals surface area contributed by atoms with Crippen LogP contribution in [-0.2, 0) is 19.5 Å². The Morgan fingerprint density at radius 3 is 1.00 bits per heavy atom. The van der Waals surface area contributed by atoms with Crippen molar-refractivity contribution in [2.75, 3.05) is 0 Å². The molecule has 0 spiro atoms. The van der Waals surface area contributed by atoms with E-state index in [1.165, 1.54) is 32.1 Å². The van der Waals surface area contributed by atoms with Gasteiger partial charge in [0.1, 0.15) is 0 Å². The van der Waals surface area contributed by atoms with Gasteiger partial charge in [0.25, 0.3) is 0 Å². The molecule has 0 aliphatic heterocycles. The van der Waals surface area contributed by atoms with Crippen molar-refractivity contribution in [3.63, 3.8) is 0 Å². The summed E-state index contributed by atoms with van der Waals surface area (Å²) < 4.78 is 39.0. The zero-order chi connectivity index (χ0) is 14.8. The zero-order valence-electron chi connectivity index (χ0n) is 11.7. The van der Waals surface area contributed by atoms with Gasteiger partial charge in [-0.25, -0.2) is 0 Å². The normalized spacial score (nSPS) is 28.0. The molecule has 3 aliphatic carbocycles. The molecule has 21 heavy (non-hydrogen) atoms. The Labute approximate surface area is 139 Å². The summed E-state index contributed by atoms with van der Waals surface area (Å²) in [6.07, 6.45) is 24.5. The van der Waals surface area contributed by atoms with Gasteiger partial charge in [-0.2, -0.15) is 0 Å². The second-order valence-electron chi connectivity index (χ2n) is 4.93. The van der Waals surface area contributed by atoms with Crippen LogP contribution in [0, 0.1) is 63.2 Å². The van der Waals surface area contributed by atoms with Crippen LogP contribution in [0.4, 0.5) is 17.3 Å². The van der Waals surface area contributed by atoms with Crippen molar-refractivity contribution < 1.29 is 36.7 Å². The predicted octanol–water partition coefficient (Wildman–Crippen LogP) is 5.13. The maximum absolute atomic E-state index is 9.75. The Morgan fingerprint density at radius 1 is 0.619 bits per heavy atom. The standard InChI is InChI=1S/C8H12.C7H8.BF4.Rh/c1-2-4-6-8-7-5-3-1;1-2-7-4-3-6(1)5-7;2-1(3,4)5;/h1-2,7-8H,3-6H2;1-4,6-7H,5H2;;/q;;-1;. The monoisotopic (exact) mass is 390 g/mol.